The molecule has 0 aliphatic carbocycles. The van der Waals surface area contributed by atoms with E-state index < -0.39 is 0 Å². The lowest BCUT2D eigenvalue weighted by molar-refractivity contribution is 0.517. The van der Waals surface area contributed by atoms with Gasteiger partial charge in [0.25, 0.3) is 0 Å². The molecule has 0 unspecified atom stereocenters. The maximum atomic E-state index is 5.34. The van der Waals surface area contributed by atoms with E-state index in [1.54, 1.807) is 6.26 Å². The molecule has 142 valence electrons. The summed E-state index contributed by atoms with van der Waals surface area (Å²) in [5.41, 5.74) is 4.36. The van der Waals surface area contributed by atoms with E-state index in [2.05, 4.69) is 64.5 Å². The van der Waals surface area contributed by atoms with Crippen LogP contribution in [0.3, 0.4) is 0 Å². The number of benzene rings is 1. The molecule has 6 heteroatoms. The van der Waals surface area contributed by atoms with Crippen LogP contribution in [-0.2, 0) is 6.54 Å². The highest BCUT2D eigenvalue weighted by Crippen LogP contribution is 2.25. The average Bonchev–Trinajstić information content (AvgIpc) is 3.16. The molecule has 0 bridgehead atoms. The van der Waals surface area contributed by atoms with Gasteiger partial charge in [-0.05, 0) is 63.6 Å². The molecule has 3 aromatic rings. The molecular formula is C21H27N5O. The van der Waals surface area contributed by atoms with Crippen LogP contribution in [0.25, 0.3) is 0 Å². The zero-order valence-corrected chi connectivity index (χ0v) is 16.4. The van der Waals surface area contributed by atoms with Gasteiger partial charge in [0.05, 0.1) is 12.8 Å². The Morgan fingerprint density at radius 2 is 1.85 bits per heavy atom. The van der Waals surface area contributed by atoms with Gasteiger partial charge in [-0.1, -0.05) is 0 Å². The van der Waals surface area contributed by atoms with Gasteiger partial charge in [-0.25, -0.2) is 4.98 Å². The predicted molar refractivity (Wildman–Crippen MR) is 111 cm³/mol. The van der Waals surface area contributed by atoms with E-state index in [9.17, 15) is 0 Å². The van der Waals surface area contributed by atoms with Gasteiger partial charge in [-0.2, -0.15) is 4.98 Å². The van der Waals surface area contributed by atoms with Gasteiger partial charge >= 0.3 is 0 Å². The number of hydrogen-bond acceptors (Lipinski definition) is 6. The van der Waals surface area contributed by atoms with Crippen molar-refractivity contribution < 1.29 is 4.42 Å². The zero-order valence-electron chi connectivity index (χ0n) is 16.4. The van der Waals surface area contributed by atoms with Crippen molar-refractivity contribution in [1.82, 2.24) is 9.97 Å². The summed E-state index contributed by atoms with van der Waals surface area (Å²) in [7, 11) is 0. The quantitative estimate of drug-likeness (QED) is 0.592. The summed E-state index contributed by atoms with van der Waals surface area (Å²) < 4.78 is 5.34. The number of rotatable bonds is 8. The van der Waals surface area contributed by atoms with Crippen LogP contribution in [0.2, 0.25) is 0 Å². The van der Waals surface area contributed by atoms with Crippen molar-refractivity contribution in [3.05, 3.63) is 59.7 Å². The molecule has 0 fully saturated rings. The van der Waals surface area contributed by atoms with Crippen molar-refractivity contribution in [2.45, 2.75) is 34.2 Å². The Labute approximate surface area is 160 Å². The van der Waals surface area contributed by atoms with E-state index in [-0.39, 0.29) is 0 Å². The van der Waals surface area contributed by atoms with E-state index in [0.717, 1.165) is 36.0 Å². The van der Waals surface area contributed by atoms with Crippen molar-refractivity contribution in [2.24, 2.45) is 0 Å². The first kappa shape index (κ1) is 18.8. The first-order valence-corrected chi connectivity index (χ1v) is 9.33. The summed E-state index contributed by atoms with van der Waals surface area (Å²) in [5.74, 6) is 2.19. The van der Waals surface area contributed by atoms with Crippen LogP contribution in [0.4, 0.5) is 23.1 Å². The Kier molecular flexibility index (Phi) is 5.96. The fourth-order valence-electron chi connectivity index (χ4n) is 3.00. The zero-order chi connectivity index (χ0) is 19.2. The van der Waals surface area contributed by atoms with Gasteiger partial charge in [-0.3, -0.25) is 0 Å². The Morgan fingerprint density at radius 1 is 1.04 bits per heavy atom. The van der Waals surface area contributed by atoms with E-state index >= 15 is 0 Å². The molecule has 2 N–H and O–H groups in total. The molecule has 27 heavy (non-hydrogen) atoms. The molecule has 2 heterocycles. The van der Waals surface area contributed by atoms with E-state index in [1.165, 1.54) is 11.3 Å². The second-order valence-corrected chi connectivity index (χ2v) is 6.45. The molecular weight excluding hydrogens is 338 g/mol. The van der Waals surface area contributed by atoms with Gasteiger partial charge in [-0.15, -0.1) is 0 Å². The largest absolute Gasteiger partial charge is 0.467 e. The molecule has 0 radical (unpaired) electrons. The number of anilines is 4. The minimum absolute atomic E-state index is 0.549. The summed E-state index contributed by atoms with van der Waals surface area (Å²) in [5, 5.41) is 6.62. The van der Waals surface area contributed by atoms with Crippen molar-refractivity contribution in [2.75, 3.05) is 28.6 Å². The number of aromatic nitrogens is 2. The second-order valence-electron chi connectivity index (χ2n) is 6.45. The van der Waals surface area contributed by atoms with E-state index in [0.29, 0.717) is 12.5 Å². The fourth-order valence-corrected chi connectivity index (χ4v) is 3.00. The predicted octanol–water partition coefficient (Wildman–Crippen LogP) is 4.89. The van der Waals surface area contributed by atoms with Crippen molar-refractivity contribution >= 4 is 23.1 Å². The average molecular weight is 365 g/mol. The van der Waals surface area contributed by atoms with Crippen LogP contribution in [-0.4, -0.2) is 23.1 Å². The first-order valence-electron chi connectivity index (χ1n) is 9.33. The highest BCUT2D eigenvalue weighted by Gasteiger charge is 2.08. The first-order chi connectivity index (χ1) is 13.1. The Bertz CT molecular complexity index is 872. The lowest BCUT2D eigenvalue weighted by Crippen LogP contribution is -2.21. The summed E-state index contributed by atoms with van der Waals surface area (Å²) in [6, 6.07) is 12.2. The lowest BCUT2D eigenvalue weighted by Gasteiger charge is -2.22. The maximum Gasteiger partial charge on any atom is 0.225 e. The van der Waals surface area contributed by atoms with Crippen molar-refractivity contribution in [3.63, 3.8) is 0 Å². The molecule has 0 spiro atoms. The maximum absolute atomic E-state index is 5.34. The molecule has 0 saturated heterocycles. The molecule has 0 aliphatic rings. The van der Waals surface area contributed by atoms with Crippen LogP contribution >= 0.6 is 0 Å². The highest BCUT2D eigenvalue weighted by atomic mass is 16.3. The third-order valence-corrected chi connectivity index (χ3v) is 4.46. The van der Waals surface area contributed by atoms with Gasteiger partial charge in [0.2, 0.25) is 5.95 Å². The smallest absolute Gasteiger partial charge is 0.225 e. The van der Waals surface area contributed by atoms with Gasteiger partial charge < -0.3 is 20.0 Å². The number of nitrogens with zero attached hydrogens (tertiary/aromatic N) is 3. The van der Waals surface area contributed by atoms with Crippen LogP contribution < -0.4 is 15.5 Å². The standard InChI is InChI=1S/C21H27N5O/c1-5-26(6-2)17-9-10-19(15(3)12-17)24-20-13-16(4)23-21(25-20)22-14-18-8-7-11-27-18/h7-13H,5-6,14H2,1-4H3,(H2,22,23,24,25). The second kappa shape index (κ2) is 8.58. The fraction of sp³-hybridized carbons (Fsp3) is 0.333. The minimum atomic E-state index is 0.549. The molecule has 3 rings (SSSR count). The van der Waals surface area contributed by atoms with Gasteiger partial charge in [0, 0.05) is 36.2 Å². The third-order valence-electron chi connectivity index (χ3n) is 4.46. The van der Waals surface area contributed by atoms with E-state index in [4.69, 9.17) is 4.42 Å². The van der Waals surface area contributed by atoms with Crippen LogP contribution in [0.1, 0.15) is 30.9 Å². The Hall–Kier alpha value is -3.02. The van der Waals surface area contributed by atoms with Crippen molar-refractivity contribution in [3.8, 4) is 0 Å². The molecule has 6 nitrogen and oxygen atoms in total. The number of hydrogen-bond donors (Lipinski definition) is 2. The normalized spacial score (nSPS) is 10.7. The number of furan rings is 1. The minimum Gasteiger partial charge on any atom is -0.467 e. The van der Waals surface area contributed by atoms with Gasteiger partial charge in [0.1, 0.15) is 11.6 Å². The van der Waals surface area contributed by atoms with Crippen LogP contribution in [0.5, 0.6) is 0 Å². The third kappa shape index (κ3) is 4.78. The lowest BCUT2D eigenvalue weighted by atomic mass is 10.1. The molecule has 0 atom stereocenters. The van der Waals surface area contributed by atoms with Crippen LogP contribution in [0, 0.1) is 13.8 Å². The van der Waals surface area contributed by atoms with Crippen molar-refractivity contribution in [1.29, 1.82) is 0 Å². The van der Waals surface area contributed by atoms with E-state index in [1.807, 2.05) is 25.1 Å². The molecule has 2 aromatic heterocycles. The molecule has 0 amide bonds. The van der Waals surface area contributed by atoms with Crippen LogP contribution in [0.15, 0.2) is 47.1 Å². The monoisotopic (exact) mass is 365 g/mol. The SMILES string of the molecule is CCN(CC)c1ccc(Nc2cc(C)nc(NCc3ccco3)n2)c(C)c1. The molecule has 0 saturated carbocycles. The molecule has 1 aromatic carbocycles. The number of aryl methyl sites for hydroxylation is 2. The molecule has 0 aliphatic heterocycles. The summed E-state index contributed by atoms with van der Waals surface area (Å²) in [6.07, 6.45) is 1.66. The summed E-state index contributed by atoms with van der Waals surface area (Å²) >= 11 is 0. The summed E-state index contributed by atoms with van der Waals surface area (Å²) in [6.45, 7) is 11.0. The topological polar surface area (TPSA) is 66.2 Å². The number of nitrogens with one attached hydrogen (secondary N) is 2. The van der Waals surface area contributed by atoms with Gasteiger partial charge in [0.15, 0.2) is 0 Å². The Balaban J connectivity index is 1.75. The highest BCUT2D eigenvalue weighted by molar-refractivity contribution is 5.65. The summed E-state index contributed by atoms with van der Waals surface area (Å²) in [4.78, 5) is 11.4. The Morgan fingerprint density at radius 3 is 2.52 bits per heavy atom.